The molecule has 0 saturated carbocycles. The Morgan fingerprint density at radius 1 is 0.893 bits per heavy atom. The minimum absolute atomic E-state index is 0.0504. The number of carbonyl (C=O) groups is 1. The van der Waals surface area contributed by atoms with Crippen LogP contribution in [-0.2, 0) is 23.9 Å². The molecule has 3 nitrogen and oxygen atoms in total. The highest BCUT2D eigenvalue weighted by atomic mass is 19.4. The second-order valence-electron chi connectivity index (χ2n) is 6.66. The van der Waals surface area contributed by atoms with Crippen molar-refractivity contribution in [2.24, 2.45) is 0 Å². The average molecular weight is 382 g/mol. The minimum Gasteiger partial charge on any atom is -0.355 e. The smallest absolute Gasteiger partial charge is 0.355 e. The number of carbonyl (C=O) groups excluding carboxylic acids is 1. The molecular weight excluding hydrogens is 365 g/mol. The minimum atomic E-state index is -4.44. The summed E-state index contributed by atoms with van der Waals surface area (Å²) in [5, 5.41) is 4.76. The molecule has 0 fully saturated rings. The first kappa shape index (κ1) is 18.1. The zero-order chi connectivity index (χ0) is 19.7. The Kier molecular flexibility index (Phi) is 4.55. The summed E-state index contributed by atoms with van der Waals surface area (Å²) >= 11 is 0. The van der Waals surface area contributed by atoms with E-state index in [-0.39, 0.29) is 24.4 Å². The van der Waals surface area contributed by atoms with Gasteiger partial charge in [-0.2, -0.15) is 13.2 Å². The quantitative estimate of drug-likeness (QED) is 0.501. The summed E-state index contributed by atoms with van der Waals surface area (Å²) in [7, 11) is 0. The standard InChI is InChI=1S/C22H17F3N2O/c23-22(24,25)18-7-3-1-5-15(18)13-26-21(28)12-14-9-10-17-16-6-2-4-8-19(16)27-20(17)11-14/h1-11,27H,12-13H2,(H,26,28). The van der Waals surface area contributed by atoms with Crippen molar-refractivity contribution in [2.75, 3.05) is 0 Å². The van der Waals surface area contributed by atoms with Gasteiger partial charge in [-0.15, -0.1) is 0 Å². The Balaban J connectivity index is 1.48. The average Bonchev–Trinajstić information content (AvgIpc) is 3.03. The molecule has 2 N–H and O–H groups in total. The SMILES string of the molecule is O=C(Cc1ccc2c(c1)[nH]c1ccccc12)NCc1ccccc1C(F)(F)F. The molecule has 0 radical (unpaired) electrons. The highest BCUT2D eigenvalue weighted by Crippen LogP contribution is 2.31. The predicted molar refractivity (Wildman–Crippen MR) is 103 cm³/mol. The summed E-state index contributed by atoms with van der Waals surface area (Å²) < 4.78 is 39.1. The third kappa shape index (κ3) is 3.58. The number of alkyl halides is 3. The number of nitrogens with one attached hydrogen (secondary N) is 2. The molecule has 0 aliphatic carbocycles. The number of para-hydroxylation sites is 1. The van der Waals surface area contributed by atoms with Crippen LogP contribution in [0.5, 0.6) is 0 Å². The third-order valence-electron chi connectivity index (χ3n) is 4.73. The van der Waals surface area contributed by atoms with Gasteiger partial charge in [0, 0.05) is 28.4 Å². The summed E-state index contributed by atoms with van der Waals surface area (Å²) in [6, 6.07) is 18.9. The first-order chi connectivity index (χ1) is 13.4. The van der Waals surface area contributed by atoms with Crippen molar-refractivity contribution in [1.29, 1.82) is 0 Å². The number of halogens is 3. The van der Waals surface area contributed by atoms with Crippen LogP contribution in [-0.4, -0.2) is 10.9 Å². The molecule has 3 aromatic carbocycles. The number of amides is 1. The Hall–Kier alpha value is -3.28. The maximum atomic E-state index is 13.0. The molecule has 4 aromatic rings. The Bertz CT molecular complexity index is 1160. The van der Waals surface area contributed by atoms with Crippen LogP contribution < -0.4 is 5.32 Å². The molecule has 28 heavy (non-hydrogen) atoms. The fraction of sp³-hybridized carbons (Fsp3) is 0.136. The Morgan fingerprint density at radius 2 is 1.61 bits per heavy atom. The number of rotatable bonds is 4. The normalized spacial score (nSPS) is 11.8. The van der Waals surface area contributed by atoms with Crippen LogP contribution in [0, 0.1) is 0 Å². The summed E-state index contributed by atoms with van der Waals surface area (Å²) in [6.07, 6.45) is -4.35. The molecule has 1 aromatic heterocycles. The van der Waals surface area contributed by atoms with E-state index in [0.29, 0.717) is 0 Å². The number of fused-ring (bicyclic) bond motifs is 3. The van der Waals surface area contributed by atoms with Gasteiger partial charge in [-0.25, -0.2) is 0 Å². The van der Waals surface area contributed by atoms with Crippen molar-refractivity contribution in [3.8, 4) is 0 Å². The van der Waals surface area contributed by atoms with Crippen molar-refractivity contribution < 1.29 is 18.0 Å². The van der Waals surface area contributed by atoms with Crippen LogP contribution >= 0.6 is 0 Å². The molecule has 1 amide bonds. The maximum absolute atomic E-state index is 13.0. The van der Waals surface area contributed by atoms with Crippen LogP contribution in [0.2, 0.25) is 0 Å². The molecule has 142 valence electrons. The van der Waals surface area contributed by atoms with E-state index in [4.69, 9.17) is 0 Å². The van der Waals surface area contributed by atoms with E-state index in [9.17, 15) is 18.0 Å². The van der Waals surface area contributed by atoms with Gasteiger partial charge in [-0.05, 0) is 29.3 Å². The van der Waals surface area contributed by atoms with Gasteiger partial charge < -0.3 is 10.3 Å². The highest BCUT2D eigenvalue weighted by molar-refractivity contribution is 6.07. The lowest BCUT2D eigenvalue weighted by atomic mass is 10.1. The summed E-state index contributed by atoms with van der Waals surface area (Å²) in [6.45, 7) is -0.164. The number of hydrogen-bond acceptors (Lipinski definition) is 1. The van der Waals surface area contributed by atoms with E-state index in [1.807, 2.05) is 42.5 Å². The monoisotopic (exact) mass is 382 g/mol. The number of benzene rings is 3. The summed E-state index contributed by atoms with van der Waals surface area (Å²) in [5.41, 5.74) is 2.06. The van der Waals surface area contributed by atoms with Gasteiger partial charge in [0.2, 0.25) is 5.91 Å². The van der Waals surface area contributed by atoms with Crippen molar-refractivity contribution in [3.05, 3.63) is 83.4 Å². The first-order valence-electron chi connectivity index (χ1n) is 8.83. The number of hydrogen-bond donors (Lipinski definition) is 2. The lowest BCUT2D eigenvalue weighted by Gasteiger charge is -2.13. The maximum Gasteiger partial charge on any atom is 0.416 e. The topological polar surface area (TPSA) is 44.9 Å². The molecule has 0 saturated heterocycles. The van der Waals surface area contributed by atoms with E-state index < -0.39 is 11.7 Å². The van der Waals surface area contributed by atoms with E-state index >= 15 is 0 Å². The number of aromatic amines is 1. The van der Waals surface area contributed by atoms with Gasteiger partial charge in [-0.3, -0.25) is 4.79 Å². The molecule has 4 rings (SSSR count). The molecule has 0 unspecified atom stereocenters. The first-order valence-corrected chi connectivity index (χ1v) is 8.83. The van der Waals surface area contributed by atoms with Crippen molar-refractivity contribution in [3.63, 3.8) is 0 Å². The van der Waals surface area contributed by atoms with E-state index in [2.05, 4.69) is 10.3 Å². The van der Waals surface area contributed by atoms with E-state index in [1.165, 1.54) is 18.2 Å². The molecule has 6 heteroatoms. The van der Waals surface area contributed by atoms with Gasteiger partial charge >= 0.3 is 6.18 Å². The second kappa shape index (κ2) is 7.03. The van der Waals surface area contributed by atoms with Gasteiger partial charge in [0.25, 0.3) is 0 Å². The molecule has 1 heterocycles. The van der Waals surface area contributed by atoms with Crippen molar-refractivity contribution in [2.45, 2.75) is 19.1 Å². The van der Waals surface area contributed by atoms with Crippen LogP contribution in [0.3, 0.4) is 0 Å². The van der Waals surface area contributed by atoms with Gasteiger partial charge in [0.15, 0.2) is 0 Å². The fourth-order valence-electron chi connectivity index (χ4n) is 3.40. The Morgan fingerprint density at radius 3 is 2.43 bits per heavy atom. The third-order valence-corrected chi connectivity index (χ3v) is 4.73. The van der Waals surface area contributed by atoms with Crippen LogP contribution in [0.15, 0.2) is 66.7 Å². The van der Waals surface area contributed by atoms with Gasteiger partial charge in [0.1, 0.15) is 0 Å². The largest absolute Gasteiger partial charge is 0.416 e. The lowest BCUT2D eigenvalue weighted by Crippen LogP contribution is -2.26. The molecule has 0 aliphatic rings. The van der Waals surface area contributed by atoms with Gasteiger partial charge in [-0.1, -0.05) is 48.5 Å². The van der Waals surface area contributed by atoms with E-state index in [1.54, 1.807) is 0 Å². The molecule has 0 spiro atoms. The van der Waals surface area contributed by atoms with Crippen molar-refractivity contribution in [1.82, 2.24) is 10.3 Å². The molecular formula is C22H17F3N2O. The summed E-state index contributed by atoms with van der Waals surface area (Å²) in [5.74, 6) is -0.326. The fourth-order valence-corrected chi connectivity index (χ4v) is 3.40. The molecule has 0 atom stereocenters. The zero-order valence-electron chi connectivity index (χ0n) is 14.8. The zero-order valence-corrected chi connectivity index (χ0v) is 14.8. The molecule has 0 bridgehead atoms. The van der Waals surface area contributed by atoms with Crippen LogP contribution in [0.25, 0.3) is 21.8 Å². The van der Waals surface area contributed by atoms with E-state index in [0.717, 1.165) is 33.4 Å². The van der Waals surface area contributed by atoms with Gasteiger partial charge in [0.05, 0.1) is 12.0 Å². The van der Waals surface area contributed by atoms with Crippen molar-refractivity contribution >= 4 is 27.7 Å². The summed E-state index contributed by atoms with van der Waals surface area (Å²) in [4.78, 5) is 15.6. The molecule has 0 aliphatic heterocycles. The predicted octanol–water partition coefficient (Wildman–Crippen LogP) is 5.20. The highest BCUT2D eigenvalue weighted by Gasteiger charge is 2.32. The van der Waals surface area contributed by atoms with Crippen LogP contribution in [0.4, 0.5) is 13.2 Å². The van der Waals surface area contributed by atoms with Crippen LogP contribution in [0.1, 0.15) is 16.7 Å². The number of aromatic nitrogens is 1. The lowest BCUT2D eigenvalue weighted by molar-refractivity contribution is -0.138. The second-order valence-corrected chi connectivity index (χ2v) is 6.66. The number of H-pyrrole nitrogens is 1. The Labute approximate surface area is 159 Å².